The van der Waals surface area contributed by atoms with E-state index in [4.69, 9.17) is 0 Å². The number of rotatable bonds is 3. The maximum atomic E-state index is 4.51. The number of aromatic nitrogens is 1. The number of benzene rings is 1. The molecule has 1 aromatic carbocycles. The van der Waals surface area contributed by atoms with Crippen LogP contribution in [0.2, 0.25) is 0 Å². The van der Waals surface area contributed by atoms with Crippen LogP contribution in [0.3, 0.4) is 0 Å². The van der Waals surface area contributed by atoms with Crippen molar-refractivity contribution in [3.8, 4) is 11.1 Å². The molecule has 0 saturated carbocycles. The second kappa shape index (κ2) is 9.26. The lowest BCUT2D eigenvalue weighted by Gasteiger charge is -2.07. The minimum Gasteiger partial charge on any atom is -0.256 e. The molecule has 0 unspecified atom stereocenters. The van der Waals surface area contributed by atoms with Gasteiger partial charge in [0.15, 0.2) is 0 Å². The number of allylic oxidation sites excluding steroid dienone is 1. The quantitative estimate of drug-likeness (QED) is 0.635. The molecule has 116 valence electrons. The standard InChI is InChI=1S/C17H19N.C3H6S/c1-5-6-17-14(4)10-16(11-18-17)15-8-7-12(2)13(3)9-15;1-2-3-4/h5-11H,1-4H3;3H,2H2,1H3/b6-5-;. The van der Waals surface area contributed by atoms with E-state index in [1.807, 2.05) is 32.2 Å². The second-order valence-electron chi connectivity index (χ2n) is 5.30. The first-order chi connectivity index (χ1) is 10.5. The highest BCUT2D eigenvalue weighted by atomic mass is 32.1. The molecular weight excluding hydrogens is 286 g/mol. The van der Waals surface area contributed by atoms with Crippen molar-refractivity contribution >= 4 is 23.7 Å². The van der Waals surface area contributed by atoms with E-state index in [0.29, 0.717) is 0 Å². The molecular formula is C20H25NS. The van der Waals surface area contributed by atoms with E-state index in [0.717, 1.165) is 12.1 Å². The van der Waals surface area contributed by atoms with Gasteiger partial charge in [0.1, 0.15) is 0 Å². The van der Waals surface area contributed by atoms with Crippen LogP contribution in [-0.4, -0.2) is 10.4 Å². The summed E-state index contributed by atoms with van der Waals surface area (Å²) in [5.41, 5.74) is 7.33. The summed E-state index contributed by atoms with van der Waals surface area (Å²) in [5, 5.41) is 1.71. The van der Waals surface area contributed by atoms with Gasteiger partial charge in [-0.3, -0.25) is 4.98 Å². The molecule has 0 aliphatic carbocycles. The van der Waals surface area contributed by atoms with Crippen molar-refractivity contribution in [3.63, 3.8) is 0 Å². The largest absolute Gasteiger partial charge is 0.256 e. The normalized spacial score (nSPS) is 10.2. The Balaban J connectivity index is 0.000000541. The molecule has 0 saturated heterocycles. The Morgan fingerprint density at radius 1 is 1.00 bits per heavy atom. The van der Waals surface area contributed by atoms with E-state index in [-0.39, 0.29) is 0 Å². The predicted octanol–water partition coefficient (Wildman–Crippen LogP) is 6.10. The first-order valence-corrected chi connectivity index (χ1v) is 8.11. The van der Waals surface area contributed by atoms with Crippen molar-refractivity contribution in [1.82, 2.24) is 4.98 Å². The zero-order chi connectivity index (χ0) is 16.5. The van der Waals surface area contributed by atoms with Crippen LogP contribution in [-0.2, 0) is 0 Å². The molecule has 0 amide bonds. The molecule has 1 aromatic heterocycles. The van der Waals surface area contributed by atoms with E-state index < -0.39 is 0 Å². The summed E-state index contributed by atoms with van der Waals surface area (Å²) in [6.07, 6.45) is 7.02. The molecule has 0 spiro atoms. The van der Waals surface area contributed by atoms with Crippen LogP contribution in [0, 0.1) is 20.8 Å². The minimum absolute atomic E-state index is 1.01. The zero-order valence-electron chi connectivity index (χ0n) is 14.2. The molecule has 2 rings (SSSR count). The molecule has 22 heavy (non-hydrogen) atoms. The Bertz CT molecular complexity index is 657. The van der Waals surface area contributed by atoms with Crippen LogP contribution in [0.15, 0.2) is 36.5 Å². The summed E-state index contributed by atoms with van der Waals surface area (Å²) in [6, 6.07) is 8.75. The van der Waals surface area contributed by atoms with Crippen molar-refractivity contribution in [3.05, 3.63) is 58.9 Å². The second-order valence-corrected chi connectivity index (χ2v) is 5.63. The average molecular weight is 311 g/mol. The van der Waals surface area contributed by atoms with Gasteiger partial charge in [0.05, 0.1) is 5.69 Å². The average Bonchev–Trinajstić information content (AvgIpc) is 2.52. The van der Waals surface area contributed by atoms with Crippen LogP contribution in [0.1, 0.15) is 42.7 Å². The number of aryl methyl sites for hydroxylation is 3. The van der Waals surface area contributed by atoms with Gasteiger partial charge in [-0.25, -0.2) is 0 Å². The first-order valence-electron chi connectivity index (χ1n) is 7.64. The highest BCUT2D eigenvalue weighted by Gasteiger charge is 2.03. The molecule has 2 aromatic rings. The van der Waals surface area contributed by atoms with Crippen LogP contribution >= 0.6 is 12.2 Å². The van der Waals surface area contributed by atoms with Gasteiger partial charge in [-0.15, -0.1) is 0 Å². The highest BCUT2D eigenvalue weighted by molar-refractivity contribution is 7.78. The fraction of sp³-hybridized carbons (Fsp3) is 0.300. The van der Waals surface area contributed by atoms with Crippen LogP contribution in [0.4, 0.5) is 0 Å². The zero-order valence-corrected chi connectivity index (χ0v) is 15.0. The smallest absolute Gasteiger partial charge is 0.0655 e. The van der Waals surface area contributed by atoms with Gasteiger partial charge in [0, 0.05) is 11.8 Å². The number of hydrogen-bond acceptors (Lipinski definition) is 2. The van der Waals surface area contributed by atoms with Gasteiger partial charge in [0.25, 0.3) is 0 Å². The molecule has 0 fully saturated rings. The van der Waals surface area contributed by atoms with Crippen molar-refractivity contribution in [2.45, 2.75) is 41.0 Å². The van der Waals surface area contributed by atoms with Gasteiger partial charge in [-0.1, -0.05) is 43.4 Å². The van der Waals surface area contributed by atoms with E-state index >= 15 is 0 Å². The fourth-order valence-corrected chi connectivity index (χ4v) is 2.00. The number of nitrogens with zero attached hydrogens (tertiary/aromatic N) is 1. The summed E-state index contributed by atoms with van der Waals surface area (Å²) in [7, 11) is 0. The third kappa shape index (κ3) is 5.19. The van der Waals surface area contributed by atoms with E-state index in [1.54, 1.807) is 5.37 Å². The third-order valence-electron chi connectivity index (χ3n) is 3.45. The van der Waals surface area contributed by atoms with Gasteiger partial charge in [-0.05, 0) is 73.9 Å². The Kier molecular flexibility index (Phi) is 7.69. The monoisotopic (exact) mass is 311 g/mol. The third-order valence-corrected chi connectivity index (χ3v) is 3.78. The summed E-state index contributed by atoms with van der Waals surface area (Å²) in [4.78, 5) is 4.51. The number of pyridine rings is 1. The van der Waals surface area contributed by atoms with E-state index in [2.05, 4.69) is 62.2 Å². The molecule has 0 N–H and O–H groups in total. The van der Waals surface area contributed by atoms with Crippen molar-refractivity contribution in [2.24, 2.45) is 0 Å². The SMILES string of the molecule is C/C=C\c1ncc(-c2ccc(C)c(C)c2)cc1C.CCC=S. The van der Waals surface area contributed by atoms with Crippen molar-refractivity contribution < 1.29 is 0 Å². The maximum Gasteiger partial charge on any atom is 0.0655 e. The highest BCUT2D eigenvalue weighted by Crippen LogP contribution is 2.23. The van der Waals surface area contributed by atoms with Crippen molar-refractivity contribution in [2.75, 3.05) is 0 Å². The lowest BCUT2D eigenvalue weighted by molar-refractivity contribution is 1.23. The van der Waals surface area contributed by atoms with Crippen molar-refractivity contribution in [1.29, 1.82) is 0 Å². The molecule has 0 bridgehead atoms. The molecule has 0 atom stereocenters. The lowest BCUT2D eigenvalue weighted by Crippen LogP contribution is -1.90. The Morgan fingerprint density at radius 3 is 2.14 bits per heavy atom. The van der Waals surface area contributed by atoms with E-state index in [1.165, 1.54) is 27.8 Å². The molecule has 0 radical (unpaired) electrons. The number of thiocarbonyl (C=S) groups is 1. The molecule has 0 aliphatic rings. The van der Waals surface area contributed by atoms with Crippen LogP contribution in [0.25, 0.3) is 17.2 Å². The molecule has 0 aliphatic heterocycles. The van der Waals surface area contributed by atoms with Gasteiger partial charge in [0.2, 0.25) is 0 Å². The van der Waals surface area contributed by atoms with Crippen LogP contribution in [0.5, 0.6) is 0 Å². The predicted molar refractivity (Wildman–Crippen MR) is 103 cm³/mol. The van der Waals surface area contributed by atoms with Gasteiger partial charge in [-0.2, -0.15) is 0 Å². The summed E-state index contributed by atoms with van der Waals surface area (Å²) < 4.78 is 0. The van der Waals surface area contributed by atoms with Gasteiger partial charge >= 0.3 is 0 Å². The maximum absolute atomic E-state index is 4.51. The molecule has 1 nitrogen and oxygen atoms in total. The lowest BCUT2D eigenvalue weighted by atomic mass is 10.0. The summed E-state index contributed by atoms with van der Waals surface area (Å²) >= 11 is 4.43. The van der Waals surface area contributed by atoms with Crippen LogP contribution < -0.4 is 0 Å². The summed E-state index contributed by atoms with van der Waals surface area (Å²) in [6.45, 7) is 10.4. The Morgan fingerprint density at radius 2 is 1.64 bits per heavy atom. The number of hydrogen-bond donors (Lipinski definition) is 0. The Labute approximate surface area is 140 Å². The van der Waals surface area contributed by atoms with Gasteiger partial charge < -0.3 is 0 Å². The molecule has 1 heterocycles. The Hall–Kier alpha value is -1.80. The summed E-state index contributed by atoms with van der Waals surface area (Å²) in [5.74, 6) is 0. The fourth-order valence-electron chi connectivity index (χ4n) is 2.00. The minimum atomic E-state index is 1.01. The first kappa shape index (κ1) is 18.2. The topological polar surface area (TPSA) is 12.9 Å². The van der Waals surface area contributed by atoms with E-state index in [9.17, 15) is 0 Å². The molecule has 2 heteroatoms.